The van der Waals surface area contributed by atoms with Gasteiger partial charge >= 0.3 is 0 Å². The Labute approximate surface area is 109 Å². The van der Waals surface area contributed by atoms with Crippen molar-refractivity contribution in [2.24, 2.45) is 11.8 Å². The van der Waals surface area contributed by atoms with Gasteiger partial charge in [-0.25, -0.2) is 8.78 Å². The first-order valence-electron chi connectivity index (χ1n) is 6.48. The van der Waals surface area contributed by atoms with Crippen molar-refractivity contribution in [1.82, 2.24) is 4.90 Å². The lowest BCUT2D eigenvalue weighted by atomic mass is 10.00. The highest BCUT2D eigenvalue weighted by molar-refractivity contribution is 5.94. The fourth-order valence-electron chi connectivity index (χ4n) is 3.21. The molecule has 19 heavy (non-hydrogen) atoms. The summed E-state index contributed by atoms with van der Waals surface area (Å²) >= 11 is 0. The van der Waals surface area contributed by atoms with E-state index < -0.39 is 11.6 Å². The molecule has 1 amide bonds. The number of aliphatic hydroxyl groups excluding tert-OH is 1. The Balaban J connectivity index is 1.76. The Morgan fingerprint density at radius 3 is 2.68 bits per heavy atom. The second-order valence-electron chi connectivity index (χ2n) is 5.41. The van der Waals surface area contributed by atoms with Gasteiger partial charge in [-0.05, 0) is 37.0 Å². The number of likely N-dealkylation sites (tertiary alicyclic amines) is 1. The van der Waals surface area contributed by atoms with Crippen LogP contribution < -0.4 is 0 Å². The van der Waals surface area contributed by atoms with E-state index in [-0.39, 0.29) is 23.5 Å². The zero-order valence-electron chi connectivity index (χ0n) is 10.4. The maximum absolute atomic E-state index is 13.1. The number of nitrogens with zero attached hydrogens (tertiary/aromatic N) is 1. The number of amides is 1. The van der Waals surface area contributed by atoms with Crippen LogP contribution in [0.4, 0.5) is 8.78 Å². The predicted molar refractivity (Wildman–Crippen MR) is 64.5 cm³/mol. The summed E-state index contributed by atoms with van der Waals surface area (Å²) in [7, 11) is 0. The molecule has 2 aliphatic rings. The third-order valence-corrected chi connectivity index (χ3v) is 4.27. The molecule has 0 aromatic heterocycles. The summed E-state index contributed by atoms with van der Waals surface area (Å²) in [5.41, 5.74) is 0.161. The maximum Gasteiger partial charge on any atom is 0.253 e. The number of carbonyl (C=O) groups is 1. The van der Waals surface area contributed by atoms with Crippen LogP contribution in [0.3, 0.4) is 0 Å². The van der Waals surface area contributed by atoms with Gasteiger partial charge in [-0.1, -0.05) is 0 Å². The van der Waals surface area contributed by atoms with Crippen molar-refractivity contribution in [2.45, 2.75) is 18.9 Å². The lowest BCUT2D eigenvalue weighted by molar-refractivity contribution is 0.0751. The van der Waals surface area contributed by atoms with Crippen LogP contribution >= 0.6 is 0 Å². The third kappa shape index (κ3) is 2.12. The summed E-state index contributed by atoms with van der Waals surface area (Å²) in [6, 6.07) is 3.20. The van der Waals surface area contributed by atoms with Gasteiger partial charge in [0, 0.05) is 24.6 Å². The van der Waals surface area contributed by atoms with Gasteiger partial charge in [0.15, 0.2) is 11.6 Å². The van der Waals surface area contributed by atoms with Crippen molar-refractivity contribution < 1.29 is 18.7 Å². The van der Waals surface area contributed by atoms with Gasteiger partial charge < -0.3 is 10.0 Å². The molecule has 5 heteroatoms. The van der Waals surface area contributed by atoms with E-state index in [1.54, 1.807) is 4.90 Å². The number of rotatable bonds is 1. The number of hydrogen-bond acceptors (Lipinski definition) is 2. The molecule has 0 radical (unpaired) electrons. The molecule has 3 atom stereocenters. The Bertz CT molecular complexity index is 520. The van der Waals surface area contributed by atoms with Crippen LogP contribution in [0, 0.1) is 23.5 Å². The number of fused-ring (bicyclic) bond motifs is 1. The van der Waals surface area contributed by atoms with E-state index in [1.807, 2.05) is 0 Å². The minimum Gasteiger partial charge on any atom is -0.393 e. The van der Waals surface area contributed by atoms with Gasteiger partial charge in [0.25, 0.3) is 5.91 Å². The molecule has 1 saturated heterocycles. The predicted octanol–water partition coefficient (Wildman–Crippen LogP) is 1.81. The van der Waals surface area contributed by atoms with Crippen LogP contribution in [0.2, 0.25) is 0 Å². The second kappa shape index (κ2) is 4.56. The molecule has 3 rings (SSSR count). The van der Waals surface area contributed by atoms with E-state index in [1.165, 1.54) is 6.07 Å². The number of aliphatic hydroxyl groups is 1. The monoisotopic (exact) mass is 267 g/mol. The molecular weight excluding hydrogens is 252 g/mol. The molecule has 1 aliphatic heterocycles. The molecule has 3 nitrogen and oxygen atoms in total. The minimum absolute atomic E-state index is 0.134. The van der Waals surface area contributed by atoms with Crippen LogP contribution in [-0.2, 0) is 0 Å². The van der Waals surface area contributed by atoms with Crippen molar-refractivity contribution in [3.05, 3.63) is 35.4 Å². The Morgan fingerprint density at radius 2 is 2.00 bits per heavy atom. The topological polar surface area (TPSA) is 40.5 Å². The first kappa shape index (κ1) is 12.5. The molecule has 2 fully saturated rings. The maximum atomic E-state index is 13.1. The van der Waals surface area contributed by atoms with Gasteiger partial charge in [0.05, 0.1) is 6.10 Å². The highest BCUT2D eigenvalue weighted by Crippen LogP contribution is 2.38. The van der Waals surface area contributed by atoms with Crippen LogP contribution in [0.25, 0.3) is 0 Å². The van der Waals surface area contributed by atoms with Crippen LogP contribution in [0.5, 0.6) is 0 Å². The standard InChI is InChI=1S/C14H15F2NO2/c15-11-3-1-8(5-12(11)16)14(19)17-6-9-2-4-13(18)10(9)7-17/h1,3,5,9-10,13,18H,2,4,6-7H2. The molecule has 3 unspecified atom stereocenters. The molecule has 1 aliphatic carbocycles. The summed E-state index contributed by atoms with van der Waals surface area (Å²) in [6.07, 6.45) is 1.38. The van der Waals surface area contributed by atoms with E-state index in [4.69, 9.17) is 0 Å². The van der Waals surface area contributed by atoms with Crippen molar-refractivity contribution in [1.29, 1.82) is 0 Å². The minimum atomic E-state index is -1.01. The highest BCUT2D eigenvalue weighted by Gasteiger charge is 2.43. The number of carbonyl (C=O) groups excluding carboxylic acids is 1. The van der Waals surface area contributed by atoms with E-state index in [0.717, 1.165) is 25.0 Å². The molecular formula is C14H15F2NO2. The molecule has 102 valence electrons. The van der Waals surface area contributed by atoms with E-state index in [0.29, 0.717) is 19.0 Å². The van der Waals surface area contributed by atoms with Gasteiger partial charge in [-0.15, -0.1) is 0 Å². The van der Waals surface area contributed by atoms with E-state index in [2.05, 4.69) is 0 Å². The summed E-state index contributed by atoms with van der Waals surface area (Å²) < 4.78 is 26.0. The molecule has 0 bridgehead atoms. The summed E-state index contributed by atoms with van der Waals surface area (Å²) in [5, 5.41) is 9.80. The van der Waals surface area contributed by atoms with Gasteiger partial charge in [-0.3, -0.25) is 4.79 Å². The smallest absolute Gasteiger partial charge is 0.253 e. The van der Waals surface area contributed by atoms with E-state index >= 15 is 0 Å². The summed E-state index contributed by atoms with van der Waals surface area (Å²) in [4.78, 5) is 13.8. The first-order valence-corrected chi connectivity index (χ1v) is 6.48. The van der Waals surface area contributed by atoms with Crippen LogP contribution in [0.1, 0.15) is 23.2 Å². The second-order valence-corrected chi connectivity index (χ2v) is 5.41. The fourth-order valence-corrected chi connectivity index (χ4v) is 3.21. The molecule has 0 spiro atoms. The molecule has 1 aromatic carbocycles. The van der Waals surface area contributed by atoms with Crippen molar-refractivity contribution >= 4 is 5.91 Å². The Hall–Kier alpha value is -1.49. The molecule has 1 saturated carbocycles. The van der Waals surface area contributed by atoms with Crippen molar-refractivity contribution in [3.63, 3.8) is 0 Å². The molecule has 1 aromatic rings. The Morgan fingerprint density at radius 1 is 1.21 bits per heavy atom. The van der Waals surface area contributed by atoms with Crippen LogP contribution in [0.15, 0.2) is 18.2 Å². The SMILES string of the molecule is O=C(c1ccc(F)c(F)c1)N1CC2CCC(O)C2C1. The average Bonchev–Trinajstić information content (AvgIpc) is 2.95. The van der Waals surface area contributed by atoms with Gasteiger partial charge in [0.2, 0.25) is 0 Å². The number of halogens is 2. The third-order valence-electron chi connectivity index (χ3n) is 4.27. The van der Waals surface area contributed by atoms with Crippen LogP contribution in [-0.4, -0.2) is 35.1 Å². The lowest BCUT2D eigenvalue weighted by Gasteiger charge is -2.18. The fraction of sp³-hybridized carbons (Fsp3) is 0.500. The largest absolute Gasteiger partial charge is 0.393 e. The van der Waals surface area contributed by atoms with Crippen molar-refractivity contribution in [3.8, 4) is 0 Å². The number of benzene rings is 1. The zero-order valence-corrected chi connectivity index (χ0v) is 10.4. The first-order chi connectivity index (χ1) is 9.06. The Kier molecular flexibility index (Phi) is 3.01. The highest BCUT2D eigenvalue weighted by atomic mass is 19.2. The zero-order chi connectivity index (χ0) is 13.6. The summed E-state index contributed by atoms with van der Waals surface area (Å²) in [6.45, 7) is 1.10. The average molecular weight is 267 g/mol. The summed E-state index contributed by atoms with van der Waals surface area (Å²) in [5.74, 6) is -1.78. The molecule has 1 heterocycles. The van der Waals surface area contributed by atoms with E-state index in [9.17, 15) is 18.7 Å². The van der Waals surface area contributed by atoms with Gasteiger partial charge in [-0.2, -0.15) is 0 Å². The van der Waals surface area contributed by atoms with Crippen molar-refractivity contribution in [2.75, 3.05) is 13.1 Å². The lowest BCUT2D eigenvalue weighted by Crippen LogP contribution is -2.31. The normalized spacial score (nSPS) is 29.6. The quantitative estimate of drug-likeness (QED) is 0.843. The van der Waals surface area contributed by atoms with Gasteiger partial charge in [0.1, 0.15) is 0 Å². The molecule has 1 N–H and O–H groups in total. The number of hydrogen-bond donors (Lipinski definition) is 1.